The number of nitrogens with two attached hydrogens (primary N) is 1. The van der Waals surface area contributed by atoms with Crippen molar-refractivity contribution in [3.8, 4) is 0 Å². The van der Waals surface area contributed by atoms with E-state index < -0.39 is 11.6 Å². The molecular weight excluding hydrogens is 378 g/mol. The van der Waals surface area contributed by atoms with Crippen LogP contribution in [0.5, 0.6) is 0 Å². The largest absolute Gasteiger partial charge is 0.369 e. The fourth-order valence-electron chi connectivity index (χ4n) is 3.74. The van der Waals surface area contributed by atoms with E-state index >= 15 is 0 Å². The number of primary amides is 1. The Kier molecular flexibility index (Phi) is 4.92. The van der Waals surface area contributed by atoms with Crippen molar-refractivity contribution < 1.29 is 18.4 Å². The third-order valence-electron chi connectivity index (χ3n) is 5.26. The van der Waals surface area contributed by atoms with Crippen molar-refractivity contribution >= 4 is 34.4 Å². The molecule has 2 aliphatic rings. The summed E-state index contributed by atoms with van der Waals surface area (Å²) in [5.74, 6) is -1.90. The summed E-state index contributed by atoms with van der Waals surface area (Å²) in [6.07, 6.45) is 2.91. The second-order valence-electron chi connectivity index (χ2n) is 7.20. The highest BCUT2D eigenvalue weighted by atomic mass is 19.1. The number of hydrogen-bond acceptors (Lipinski definition) is 4. The molecule has 6 nitrogen and oxygen atoms in total. The van der Waals surface area contributed by atoms with Crippen LogP contribution >= 0.6 is 0 Å². The highest BCUT2D eigenvalue weighted by molar-refractivity contribution is 6.31. The molecule has 4 rings (SSSR count). The maximum Gasteiger partial charge on any atom is 0.257 e. The van der Waals surface area contributed by atoms with Crippen molar-refractivity contribution in [2.24, 2.45) is 11.7 Å². The third kappa shape index (κ3) is 3.78. The minimum atomic E-state index is -0.447. The lowest BCUT2D eigenvalue weighted by Gasteiger charge is -2.33. The number of amides is 2. The van der Waals surface area contributed by atoms with Crippen LogP contribution in [-0.4, -0.2) is 24.9 Å². The van der Waals surface area contributed by atoms with E-state index in [0.717, 1.165) is 6.42 Å². The summed E-state index contributed by atoms with van der Waals surface area (Å²) in [7, 11) is 0. The van der Waals surface area contributed by atoms with Crippen molar-refractivity contribution in [3.63, 3.8) is 0 Å². The number of hydrogen-bond donors (Lipinski definition) is 3. The van der Waals surface area contributed by atoms with Gasteiger partial charge in [0.25, 0.3) is 5.91 Å². The Morgan fingerprint density at radius 3 is 2.83 bits per heavy atom. The number of nitrogens with one attached hydrogen (secondary N) is 2. The van der Waals surface area contributed by atoms with Crippen molar-refractivity contribution in [1.29, 1.82) is 0 Å². The highest BCUT2D eigenvalue weighted by Gasteiger charge is 2.26. The Morgan fingerprint density at radius 2 is 2.07 bits per heavy atom. The van der Waals surface area contributed by atoms with E-state index in [2.05, 4.69) is 10.6 Å². The lowest BCUT2D eigenvalue weighted by Crippen LogP contribution is -2.41. The fraction of sp³-hybridized carbons (Fsp3) is 0.238. The molecule has 0 aliphatic carbocycles. The van der Waals surface area contributed by atoms with Crippen LogP contribution in [0, 0.1) is 17.6 Å². The number of benzene rings is 2. The molecule has 29 heavy (non-hydrogen) atoms. The van der Waals surface area contributed by atoms with Crippen molar-refractivity contribution in [1.82, 2.24) is 0 Å². The molecule has 0 aromatic heterocycles. The third-order valence-corrected chi connectivity index (χ3v) is 5.26. The van der Waals surface area contributed by atoms with Gasteiger partial charge in [-0.05, 0) is 49.2 Å². The molecule has 2 heterocycles. The first-order valence-electron chi connectivity index (χ1n) is 9.34. The number of anilines is 3. The maximum absolute atomic E-state index is 14.7. The Bertz CT molecular complexity index is 1020. The molecule has 1 unspecified atom stereocenters. The molecule has 0 radical (unpaired) electrons. The standard InChI is InChI=1S/C21H20F2N4O2/c22-13-3-5-18-15(8-13)16(21(29)26-18)10-25-14-4-6-19(17(23)9-14)27-7-1-2-12(11-27)20(24)28/h3-6,8-10,12,25H,1-2,7,11H2,(H2,24,28)(H,26,29)/b16-10-. The van der Waals surface area contributed by atoms with Crippen LogP contribution in [0.15, 0.2) is 42.6 Å². The normalized spacial score (nSPS) is 19.8. The average Bonchev–Trinajstić information content (AvgIpc) is 3.01. The highest BCUT2D eigenvalue weighted by Crippen LogP contribution is 2.33. The average molecular weight is 398 g/mol. The van der Waals surface area contributed by atoms with Crippen LogP contribution < -0.4 is 21.3 Å². The second-order valence-corrected chi connectivity index (χ2v) is 7.20. The number of nitrogens with zero attached hydrogens (tertiary/aromatic N) is 1. The number of carbonyl (C=O) groups is 2. The SMILES string of the molecule is NC(=O)C1CCCN(c2ccc(N/C=C3\C(=O)Nc4ccc(F)cc43)cc2F)C1. The Balaban J connectivity index is 1.52. The zero-order valence-corrected chi connectivity index (χ0v) is 15.5. The molecule has 8 heteroatoms. The van der Waals surface area contributed by atoms with Crippen molar-refractivity contribution in [2.45, 2.75) is 12.8 Å². The molecular formula is C21H20F2N4O2. The molecule has 2 aliphatic heterocycles. The maximum atomic E-state index is 14.7. The fourth-order valence-corrected chi connectivity index (χ4v) is 3.74. The molecule has 150 valence electrons. The van der Waals surface area contributed by atoms with Crippen molar-refractivity contribution in [3.05, 3.63) is 59.8 Å². The van der Waals surface area contributed by atoms with Gasteiger partial charge in [-0.3, -0.25) is 9.59 Å². The topological polar surface area (TPSA) is 87.5 Å². The monoisotopic (exact) mass is 398 g/mol. The van der Waals surface area contributed by atoms with E-state index in [1.807, 2.05) is 4.90 Å². The van der Waals surface area contributed by atoms with Gasteiger partial charge in [0, 0.05) is 36.2 Å². The molecule has 2 amide bonds. The first-order chi connectivity index (χ1) is 13.9. The van der Waals surface area contributed by atoms with E-state index in [1.165, 1.54) is 30.5 Å². The summed E-state index contributed by atoms with van der Waals surface area (Å²) in [5, 5.41) is 5.55. The van der Waals surface area contributed by atoms with Gasteiger partial charge in [-0.15, -0.1) is 0 Å². The number of halogens is 2. The molecule has 2 aromatic rings. The predicted octanol–water partition coefficient (Wildman–Crippen LogP) is 3.07. The molecule has 1 fully saturated rings. The van der Waals surface area contributed by atoms with Gasteiger partial charge in [0.15, 0.2) is 0 Å². The minimum Gasteiger partial charge on any atom is -0.369 e. The van der Waals surface area contributed by atoms with Gasteiger partial charge < -0.3 is 21.3 Å². The van der Waals surface area contributed by atoms with E-state index in [1.54, 1.807) is 12.1 Å². The number of fused-ring (bicyclic) bond motifs is 1. The molecule has 1 atom stereocenters. The zero-order valence-electron chi connectivity index (χ0n) is 15.5. The summed E-state index contributed by atoms with van der Waals surface area (Å²) >= 11 is 0. The van der Waals surface area contributed by atoms with E-state index in [-0.39, 0.29) is 23.3 Å². The van der Waals surface area contributed by atoms with E-state index in [0.29, 0.717) is 42.1 Å². The Morgan fingerprint density at radius 1 is 1.24 bits per heavy atom. The van der Waals surface area contributed by atoms with Gasteiger partial charge in [0.2, 0.25) is 5.91 Å². The van der Waals surface area contributed by atoms with Crippen LogP contribution in [-0.2, 0) is 9.59 Å². The summed E-state index contributed by atoms with van der Waals surface area (Å²) < 4.78 is 28.2. The van der Waals surface area contributed by atoms with E-state index in [4.69, 9.17) is 5.73 Å². The van der Waals surface area contributed by atoms with Crippen LogP contribution in [0.25, 0.3) is 5.57 Å². The lowest BCUT2D eigenvalue weighted by molar-refractivity contribution is -0.122. The number of piperidine rings is 1. The van der Waals surface area contributed by atoms with Gasteiger partial charge in [-0.25, -0.2) is 8.78 Å². The molecule has 1 saturated heterocycles. The van der Waals surface area contributed by atoms with Gasteiger partial charge in [-0.1, -0.05) is 0 Å². The molecule has 0 saturated carbocycles. The van der Waals surface area contributed by atoms with Gasteiger partial charge in [0.05, 0.1) is 17.2 Å². The quantitative estimate of drug-likeness (QED) is 0.691. The molecule has 2 aromatic carbocycles. The number of carbonyl (C=O) groups excluding carboxylic acids is 2. The Hall–Kier alpha value is -3.42. The molecule has 0 spiro atoms. The first-order valence-corrected chi connectivity index (χ1v) is 9.34. The van der Waals surface area contributed by atoms with Crippen LogP contribution in [0.4, 0.5) is 25.8 Å². The molecule has 4 N–H and O–H groups in total. The minimum absolute atomic E-state index is 0.268. The van der Waals surface area contributed by atoms with Gasteiger partial charge in [0.1, 0.15) is 11.6 Å². The zero-order chi connectivity index (χ0) is 20.5. The van der Waals surface area contributed by atoms with Crippen LogP contribution in [0.2, 0.25) is 0 Å². The van der Waals surface area contributed by atoms with E-state index in [9.17, 15) is 18.4 Å². The summed E-state index contributed by atoms with van der Waals surface area (Å²) in [6, 6.07) is 8.67. The number of rotatable bonds is 4. The lowest BCUT2D eigenvalue weighted by atomic mass is 9.97. The Labute approximate surface area is 166 Å². The summed E-state index contributed by atoms with van der Waals surface area (Å²) in [6.45, 7) is 1.05. The van der Waals surface area contributed by atoms with Crippen LogP contribution in [0.1, 0.15) is 18.4 Å². The second kappa shape index (κ2) is 7.54. The van der Waals surface area contributed by atoms with Crippen LogP contribution in [0.3, 0.4) is 0 Å². The predicted molar refractivity (Wildman–Crippen MR) is 107 cm³/mol. The smallest absolute Gasteiger partial charge is 0.257 e. The van der Waals surface area contributed by atoms with Crippen molar-refractivity contribution in [2.75, 3.05) is 28.6 Å². The van der Waals surface area contributed by atoms with Gasteiger partial charge >= 0.3 is 0 Å². The summed E-state index contributed by atoms with van der Waals surface area (Å²) in [4.78, 5) is 25.4. The summed E-state index contributed by atoms with van der Waals surface area (Å²) in [5.41, 5.74) is 7.48. The molecule has 0 bridgehead atoms. The first kappa shape index (κ1) is 18.9. The van der Waals surface area contributed by atoms with Gasteiger partial charge in [-0.2, -0.15) is 0 Å².